The number of fused-ring (bicyclic) bond motifs is 7. The van der Waals surface area contributed by atoms with Gasteiger partial charge in [-0.25, -0.2) is 0 Å². The summed E-state index contributed by atoms with van der Waals surface area (Å²) < 4.78 is 4.72. The van der Waals surface area contributed by atoms with Crippen LogP contribution >= 0.6 is 11.3 Å². The van der Waals surface area contributed by atoms with Crippen molar-refractivity contribution in [3.05, 3.63) is 78.9 Å². The van der Waals surface area contributed by atoms with E-state index in [1.165, 1.54) is 42.1 Å². The van der Waals surface area contributed by atoms with Gasteiger partial charge in [-0.15, -0.1) is 11.3 Å². The van der Waals surface area contributed by atoms with Crippen molar-refractivity contribution in [2.45, 2.75) is 0 Å². The third kappa shape index (κ3) is 1.84. The average Bonchev–Trinajstić information content (AvgIpc) is 3.41. The van der Waals surface area contributed by atoms with Gasteiger partial charge in [-0.2, -0.15) is 0 Å². The third-order valence-corrected chi connectivity index (χ3v) is 7.43. The highest BCUT2D eigenvalue weighted by molar-refractivity contribution is 7.26. The quantitative estimate of drug-likeness (QED) is 0.314. The fourth-order valence-corrected chi connectivity index (χ4v) is 6.05. The van der Waals surface area contributed by atoms with Gasteiger partial charge in [0.1, 0.15) is 5.82 Å². The summed E-state index contributed by atoms with van der Waals surface area (Å²) in [5.41, 5.74) is 18.1. The Balaban J connectivity index is 1.71. The van der Waals surface area contributed by atoms with Crippen molar-refractivity contribution in [1.82, 2.24) is 4.40 Å². The minimum absolute atomic E-state index is 0.625. The van der Waals surface area contributed by atoms with Crippen LogP contribution < -0.4 is 11.5 Å². The number of para-hydroxylation sites is 1. The summed E-state index contributed by atoms with van der Waals surface area (Å²) in [5.74, 6) is 0.625. The molecular weight excluding hydrogens is 386 g/mol. The highest BCUT2D eigenvalue weighted by Crippen LogP contribution is 2.46. The van der Waals surface area contributed by atoms with Crippen LogP contribution in [0.5, 0.6) is 0 Å². The lowest BCUT2D eigenvalue weighted by Crippen LogP contribution is -1.95. The fourth-order valence-electron chi connectivity index (χ4n) is 4.96. The Kier molecular flexibility index (Phi) is 2.91. The van der Waals surface area contributed by atoms with Crippen molar-refractivity contribution in [3.63, 3.8) is 0 Å². The number of nitrogens with two attached hydrogens (primary N) is 2. The van der Waals surface area contributed by atoms with Gasteiger partial charge in [-0.3, -0.25) is 4.40 Å². The molecule has 0 aliphatic rings. The Morgan fingerprint density at radius 2 is 1.43 bits per heavy atom. The molecule has 3 aromatic heterocycles. The molecule has 0 atom stereocenters. The normalized spacial score (nSPS) is 12.3. The van der Waals surface area contributed by atoms with Crippen LogP contribution in [-0.2, 0) is 0 Å². The predicted molar refractivity (Wildman–Crippen MR) is 131 cm³/mol. The summed E-state index contributed by atoms with van der Waals surface area (Å²) in [5, 5.41) is 6.10. The third-order valence-electron chi connectivity index (χ3n) is 6.30. The number of thiophene rings is 1. The van der Waals surface area contributed by atoms with Crippen LogP contribution in [0.1, 0.15) is 0 Å². The molecule has 30 heavy (non-hydrogen) atoms. The first-order chi connectivity index (χ1) is 14.7. The van der Waals surface area contributed by atoms with Crippen molar-refractivity contribution >= 4 is 70.2 Å². The van der Waals surface area contributed by atoms with Crippen LogP contribution in [0.4, 0.5) is 11.5 Å². The molecule has 0 fully saturated rings. The molecule has 0 aliphatic heterocycles. The average molecular weight is 404 g/mol. The van der Waals surface area contributed by atoms with Crippen LogP contribution in [0, 0.1) is 0 Å². The van der Waals surface area contributed by atoms with Gasteiger partial charge in [0.05, 0.1) is 16.7 Å². The lowest BCUT2D eigenvalue weighted by Gasteiger charge is -2.03. The SMILES string of the molecule is Nc1c(N)n2c3ccc4sc5ccc(-c6ccccc6)cc5c4c3c3cccc1c32. The van der Waals surface area contributed by atoms with Gasteiger partial charge in [0.2, 0.25) is 0 Å². The molecule has 4 N–H and O–H groups in total. The van der Waals surface area contributed by atoms with Gasteiger partial charge in [0, 0.05) is 36.3 Å². The van der Waals surface area contributed by atoms with E-state index in [4.69, 9.17) is 11.5 Å². The molecule has 0 bridgehead atoms. The molecule has 142 valence electrons. The van der Waals surface area contributed by atoms with Crippen molar-refractivity contribution in [3.8, 4) is 11.1 Å². The Labute approximate surface area is 176 Å². The number of aromatic nitrogens is 1. The van der Waals surface area contributed by atoms with Gasteiger partial charge in [0.25, 0.3) is 0 Å². The Morgan fingerprint density at radius 1 is 0.633 bits per heavy atom. The van der Waals surface area contributed by atoms with Gasteiger partial charge in [-0.05, 0) is 35.4 Å². The van der Waals surface area contributed by atoms with Crippen molar-refractivity contribution in [1.29, 1.82) is 0 Å². The maximum absolute atomic E-state index is 6.45. The zero-order valence-electron chi connectivity index (χ0n) is 16.0. The summed E-state index contributed by atoms with van der Waals surface area (Å²) in [4.78, 5) is 0. The molecule has 0 saturated carbocycles. The number of hydrogen-bond acceptors (Lipinski definition) is 3. The minimum atomic E-state index is 0.625. The first-order valence-corrected chi connectivity index (χ1v) is 10.8. The standard InChI is InChI=1S/C26H17N3S/c27-24-17-8-4-7-16-22-19(29(25(16)17)26(24)28)10-12-21-23(22)18-13-15(9-11-20(18)30-21)14-5-2-1-3-6-14/h1-13H,27-28H2. The first kappa shape index (κ1) is 16.1. The molecule has 0 amide bonds. The lowest BCUT2D eigenvalue weighted by atomic mass is 10.0. The van der Waals surface area contributed by atoms with Crippen LogP contribution in [0.3, 0.4) is 0 Å². The topological polar surface area (TPSA) is 56.5 Å². The molecule has 0 radical (unpaired) electrons. The van der Waals surface area contributed by atoms with E-state index in [0.29, 0.717) is 11.5 Å². The second-order valence-electron chi connectivity index (χ2n) is 7.85. The Bertz CT molecular complexity index is 1760. The van der Waals surface area contributed by atoms with Crippen LogP contribution in [0.15, 0.2) is 78.9 Å². The molecule has 4 heteroatoms. The Morgan fingerprint density at radius 3 is 2.30 bits per heavy atom. The van der Waals surface area contributed by atoms with Gasteiger partial charge < -0.3 is 11.5 Å². The Hall–Kier alpha value is -3.76. The molecule has 7 rings (SSSR count). The van der Waals surface area contributed by atoms with Crippen molar-refractivity contribution < 1.29 is 0 Å². The number of hydrogen-bond donors (Lipinski definition) is 2. The van der Waals surface area contributed by atoms with E-state index < -0.39 is 0 Å². The van der Waals surface area contributed by atoms with Gasteiger partial charge >= 0.3 is 0 Å². The number of benzene rings is 4. The predicted octanol–water partition coefficient (Wildman–Crippen LogP) is 6.88. The van der Waals surface area contributed by atoms with E-state index in [1.807, 2.05) is 11.3 Å². The summed E-state index contributed by atoms with van der Waals surface area (Å²) in [6.45, 7) is 0. The van der Waals surface area contributed by atoms with E-state index in [0.717, 1.165) is 16.4 Å². The molecule has 3 nitrogen and oxygen atoms in total. The zero-order valence-corrected chi connectivity index (χ0v) is 16.8. The van der Waals surface area contributed by atoms with E-state index in [1.54, 1.807) is 0 Å². The van der Waals surface area contributed by atoms with Gasteiger partial charge in [-0.1, -0.05) is 54.6 Å². The summed E-state index contributed by atoms with van der Waals surface area (Å²) in [6.07, 6.45) is 0. The monoisotopic (exact) mass is 403 g/mol. The minimum Gasteiger partial charge on any atom is -0.395 e. The van der Waals surface area contributed by atoms with E-state index in [9.17, 15) is 0 Å². The molecule has 0 aliphatic carbocycles. The fraction of sp³-hybridized carbons (Fsp3) is 0. The van der Waals surface area contributed by atoms with E-state index >= 15 is 0 Å². The highest BCUT2D eigenvalue weighted by atomic mass is 32.1. The highest BCUT2D eigenvalue weighted by Gasteiger charge is 2.21. The van der Waals surface area contributed by atoms with Crippen LogP contribution in [0.25, 0.3) is 58.5 Å². The number of rotatable bonds is 1. The summed E-state index contributed by atoms with van der Waals surface area (Å²) in [7, 11) is 0. The summed E-state index contributed by atoms with van der Waals surface area (Å²) in [6, 6.07) is 28.1. The molecule has 3 heterocycles. The van der Waals surface area contributed by atoms with Crippen molar-refractivity contribution in [2.24, 2.45) is 0 Å². The van der Waals surface area contributed by atoms with Crippen LogP contribution in [-0.4, -0.2) is 4.40 Å². The second kappa shape index (κ2) is 5.43. The molecule has 0 unspecified atom stereocenters. The van der Waals surface area contributed by atoms with Gasteiger partial charge in [0.15, 0.2) is 0 Å². The number of nitrogen functional groups attached to an aromatic ring is 2. The van der Waals surface area contributed by atoms with E-state index in [-0.39, 0.29) is 0 Å². The zero-order chi connectivity index (χ0) is 20.0. The van der Waals surface area contributed by atoms with Crippen molar-refractivity contribution in [2.75, 3.05) is 11.5 Å². The smallest absolute Gasteiger partial charge is 0.132 e. The lowest BCUT2D eigenvalue weighted by molar-refractivity contribution is 1.31. The number of anilines is 2. The molecule has 7 aromatic rings. The maximum atomic E-state index is 6.45. The molecule has 0 spiro atoms. The molecule has 0 saturated heterocycles. The second-order valence-corrected chi connectivity index (χ2v) is 8.93. The first-order valence-electron chi connectivity index (χ1n) is 9.96. The van der Waals surface area contributed by atoms with E-state index in [2.05, 4.69) is 83.3 Å². The molecular formula is C26H17N3S. The largest absolute Gasteiger partial charge is 0.395 e. The number of nitrogens with zero attached hydrogens (tertiary/aromatic N) is 1. The maximum Gasteiger partial charge on any atom is 0.132 e. The van der Waals surface area contributed by atoms with Crippen LogP contribution in [0.2, 0.25) is 0 Å². The summed E-state index contributed by atoms with van der Waals surface area (Å²) >= 11 is 1.84. The molecule has 4 aromatic carbocycles.